The monoisotopic (exact) mass is 1400 g/mol. The number of rotatable bonds is 6. The average molecular weight is 1400 g/mol. The zero-order valence-electron chi connectivity index (χ0n) is 59.1. The fraction of sp³-hybridized carbons (Fsp3) is 0. The van der Waals surface area contributed by atoms with E-state index in [1.54, 1.807) is 0 Å². The Morgan fingerprint density at radius 1 is 0.200 bits per heavy atom. The van der Waals surface area contributed by atoms with Crippen molar-refractivity contribution in [3.63, 3.8) is 0 Å². The molecule has 25 rings (SSSR count). The van der Waals surface area contributed by atoms with Crippen LogP contribution < -0.4 is 0 Å². The largest absolute Gasteiger partial charge is 0.452 e. The van der Waals surface area contributed by atoms with Crippen molar-refractivity contribution in [3.05, 3.63) is 364 Å². The molecule has 8 aromatic heterocycles. The Kier molecular flexibility index (Phi) is 12.8. The molecule has 0 N–H and O–H groups in total. The van der Waals surface area contributed by atoms with Gasteiger partial charge in [-0.15, -0.1) is 0 Å². The quantitative estimate of drug-likeness (QED) is 0.166. The molecule has 0 aliphatic rings. The van der Waals surface area contributed by atoms with E-state index in [9.17, 15) is 0 Å². The lowest BCUT2D eigenvalue weighted by molar-refractivity contribution is 0.666. The lowest BCUT2D eigenvalue weighted by Crippen LogP contribution is -1.97. The Labute approximate surface area is 627 Å². The predicted molar refractivity (Wildman–Crippen MR) is 459 cm³/mol. The summed E-state index contributed by atoms with van der Waals surface area (Å²) in [6.07, 6.45) is 0. The van der Waals surface area contributed by atoms with Crippen molar-refractivity contribution < 1.29 is 8.83 Å². The van der Waals surface area contributed by atoms with E-state index in [-0.39, 0.29) is 0 Å². The maximum atomic E-state index is 6.68. The summed E-state index contributed by atoms with van der Waals surface area (Å²) in [5.41, 5.74) is 25.3. The van der Waals surface area contributed by atoms with Crippen molar-refractivity contribution in [2.24, 2.45) is 0 Å². The van der Waals surface area contributed by atoms with E-state index >= 15 is 0 Å². The van der Waals surface area contributed by atoms with Crippen molar-refractivity contribution >= 4 is 185 Å². The molecule has 0 bridgehead atoms. The molecule has 0 fully saturated rings. The summed E-state index contributed by atoms with van der Waals surface area (Å²) in [7, 11) is 0. The lowest BCUT2D eigenvalue weighted by atomic mass is 9.99. The first-order valence-corrected chi connectivity index (χ1v) is 37.5. The van der Waals surface area contributed by atoms with Gasteiger partial charge in [0.25, 0.3) is 0 Å². The average Bonchev–Trinajstić information content (AvgIpc) is 1.54. The minimum atomic E-state index is 0.794. The molecule has 0 unspecified atom stereocenters. The summed E-state index contributed by atoms with van der Waals surface area (Å²) in [5.74, 6) is 0. The van der Waals surface area contributed by atoms with Gasteiger partial charge in [-0.05, 0) is 188 Å². The summed E-state index contributed by atoms with van der Waals surface area (Å²) in [6.45, 7) is 0. The van der Waals surface area contributed by atoms with Gasteiger partial charge >= 0.3 is 0 Å². The standard InChI is InChI=1S/C53H31N3O.C49H29N3O/c1-2-13-34-29-37(25-21-32(34)11-1)55-47-27-24-36(31-43(47)50-38-14-4-3-12-33(38)22-28-48(50)55)35-23-26-46-42(30-35)39-15-6-9-19-45(39)56(46)52-40-16-5-8-18-44(40)54-51-41-17-7-10-20-49(41)57-53(51)52;1-2-13-33(14-3-1)51-43-26-24-32(29-39(43)46-34-15-5-4-12-30(34)22-27-44(46)51)31-23-25-42-38(28-31)35-16-7-10-20-41(35)52(42)48-36-17-6-9-19-40(36)50-47-37-18-8-11-21-45(37)53-49(47)48/h1-31H;1-29H. The van der Waals surface area contributed by atoms with Crippen LogP contribution in [0.2, 0.25) is 0 Å². The van der Waals surface area contributed by atoms with Crippen molar-refractivity contribution in [2.45, 2.75) is 0 Å². The van der Waals surface area contributed by atoms with Crippen LogP contribution in [0, 0.1) is 0 Å². The van der Waals surface area contributed by atoms with Gasteiger partial charge in [-0.25, -0.2) is 9.97 Å². The van der Waals surface area contributed by atoms with Crippen LogP contribution in [-0.4, -0.2) is 28.2 Å². The smallest absolute Gasteiger partial charge is 0.178 e. The van der Waals surface area contributed by atoms with Crippen LogP contribution in [-0.2, 0) is 0 Å². The molecule has 0 aliphatic carbocycles. The van der Waals surface area contributed by atoms with E-state index in [4.69, 9.17) is 18.8 Å². The lowest BCUT2D eigenvalue weighted by Gasteiger charge is -2.12. The maximum absolute atomic E-state index is 6.68. The van der Waals surface area contributed by atoms with E-state index < -0.39 is 0 Å². The summed E-state index contributed by atoms with van der Waals surface area (Å²) >= 11 is 0. The van der Waals surface area contributed by atoms with Gasteiger partial charge in [0.15, 0.2) is 11.2 Å². The molecule has 0 aliphatic heterocycles. The maximum Gasteiger partial charge on any atom is 0.178 e. The van der Waals surface area contributed by atoms with Crippen LogP contribution in [0.5, 0.6) is 0 Å². The zero-order chi connectivity index (χ0) is 71.8. The minimum absolute atomic E-state index is 0.794. The number of fused-ring (bicyclic) bond motifs is 25. The molecule has 110 heavy (non-hydrogen) atoms. The number of aromatic nitrogens is 6. The van der Waals surface area contributed by atoms with Crippen LogP contribution in [0.4, 0.5) is 0 Å². The number of hydrogen-bond acceptors (Lipinski definition) is 4. The minimum Gasteiger partial charge on any atom is -0.452 e. The van der Waals surface area contributed by atoms with Crippen LogP contribution >= 0.6 is 0 Å². The number of benzene rings is 17. The number of nitrogens with zero attached hydrogens (tertiary/aromatic N) is 6. The number of hydrogen-bond donors (Lipinski definition) is 0. The fourth-order valence-electron chi connectivity index (χ4n) is 18.3. The molecule has 0 radical (unpaired) electrons. The Bertz CT molecular complexity index is 8250. The Morgan fingerprint density at radius 2 is 0.545 bits per heavy atom. The first kappa shape index (κ1) is 60.4. The molecule has 8 heteroatoms. The molecule has 0 saturated heterocycles. The highest BCUT2D eigenvalue weighted by molar-refractivity contribution is 6.25. The van der Waals surface area contributed by atoms with Crippen molar-refractivity contribution in [1.29, 1.82) is 0 Å². The van der Waals surface area contributed by atoms with Crippen molar-refractivity contribution in [3.8, 4) is 45.0 Å². The van der Waals surface area contributed by atoms with Gasteiger partial charge in [0.1, 0.15) is 33.6 Å². The number of para-hydroxylation sites is 7. The molecule has 510 valence electrons. The van der Waals surface area contributed by atoms with E-state index in [2.05, 4.69) is 358 Å². The van der Waals surface area contributed by atoms with Gasteiger partial charge in [0, 0.05) is 76.0 Å². The predicted octanol–water partition coefficient (Wildman–Crippen LogP) is 27.5. The van der Waals surface area contributed by atoms with Crippen LogP contribution in [0.25, 0.3) is 230 Å². The molecule has 25 aromatic rings. The molecule has 0 amide bonds. The van der Waals surface area contributed by atoms with Crippen molar-refractivity contribution in [1.82, 2.24) is 28.2 Å². The third-order valence-electron chi connectivity index (χ3n) is 23.1. The van der Waals surface area contributed by atoms with Gasteiger partial charge in [-0.2, -0.15) is 0 Å². The first-order valence-electron chi connectivity index (χ1n) is 37.5. The Hall–Kier alpha value is -14.9. The van der Waals surface area contributed by atoms with Gasteiger partial charge < -0.3 is 27.1 Å². The Balaban J connectivity index is 0.000000129. The molecular formula is C102H60N6O2. The summed E-state index contributed by atoms with van der Waals surface area (Å²) in [5, 5.41) is 21.5. The molecule has 0 spiro atoms. The van der Waals surface area contributed by atoms with Crippen molar-refractivity contribution in [2.75, 3.05) is 0 Å². The molecular weight excluding hydrogens is 1340 g/mol. The highest BCUT2D eigenvalue weighted by Gasteiger charge is 2.26. The third-order valence-corrected chi connectivity index (χ3v) is 23.1. The molecule has 8 nitrogen and oxygen atoms in total. The summed E-state index contributed by atoms with van der Waals surface area (Å²) in [4.78, 5) is 10.3. The van der Waals surface area contributed by atoms with E-state index in [1.165, 1.54) is 120 Å². The first-order chi connectivity index (χ1) is 54.6. The highest BCUT2D eigenvalue weighted by Crippen LogP contribution is 2.47. The normalized spacial score (nSPS) is 12.2. The molecule has 0 saturated carbocycles. The Morgan fingerprint density at radius 3 is 1.04 bits per heavy atom. The second-order valence-corrected chi connectivity index (χ2v) is 29.0. The zero-order valence-corrected chi connectivity index (χ0v) is 59.1. The molecule has 17 aromatic carbocycles. The topological polar surface area (TPSA) is 71.8 Å². The van der Waals surface area contributed by atoms with E-state index in [0.29, 0.717) is 0 Å². The van der Waals surface area contributed by atoms with Gasteiger partial charge in [-0.1, -0.05) is 231 Å². The fourth-order valence-corrected chi connectivity index (χ4v) is 18.3. The number of pyridine rings is 2. The third kappa shape index (κ3) is 8.84. The summed E-state index contributed by atoms with van der Waals surface area (Å²) in [6, 6.07) is 131. The summed E-state index contributed by atoms with van der Waals surface area (Å²) < 4.78 is 22.9. The van der Waals surface area contributed by atoms with E-state index in [1.807, 2.05) is 24.3 Å². The van der Waals surface area contributed by atoms with Gasteiger partial charge in [0.05, 0.1) is 55.2 Å². The van der Waals surface area contributed by atoms with Crippen LogP contribution in [0.1, 0.15) is 0 Å². The van der Waals surface area contributed by atoms with Gasteiger partial charge in [-0.3, -0.25) is 0 Å². The van der Waals surface area contributed by atoms with Crippen LogP contribution in [0.3, 0.4) is 0 Å². The molecule has 8 heterocycles. The molecule has 0 atom stereocenters. The second-order valence-electron chi connectivity index (χ2n) is 29.0. The van der Waals surface area contributed by atoms with Gasteiger partial charge in [0.2, 0.25) is 0 Å². The highest BCUT2D eigenvalue weighted by atomic mass is 16.3. The SMILES string of the molecule is c1ccc(-n2c3ccc(-c4ccc5c(c4)c4ccccc4n5-c4c5ccccc5nc5c4oc4ccccc45)cc3c3c4ccccc4ccc32)cc1.c1ccc2cc(-n3c4ccc(-c5ccc6c(c5)c5ccccc5n6-c5c6ccccc6nc6c5oc5ccccc56)cc4c4c5ccccc5ccc43)ccc2c1. The second kappa shape index (κ2) is 23.3. The number of furan rings is 2. The van der Waals surface area contributed by atoms with Crippen LogP contribution in [0.15, 0.2) is 373 Å². The van der Waals surface area contributed by atoms with E-state index in [0.717, 1.165) is 111 Å².